The van der Waals surface area contributed by atoms with E-state index in [4.69, 9.17) is 4.42 Å². The molecule has 28 heavy (non-hydrogen) atoms. The number of aromatic nitrogens is 2. The molecule has 0 aliphatic carbocycles. The van der Waals surface area contributed by atoms with Crippen molar-refractivity contribution in [2.45, 2.75) is 24.3 Å². The van der Waals surface area contributed by atoms with Gasteiger partial charge in [0, 0.05) is 34.8 Å². The molecule has 0 aliphatic rings. The van der Waals surface area contributed by atoms with Gasteiger partial charge in [-0.25, -0.2) is 9.97 Å². The van der Waals surface area contributed by atoms with Crippen LogP contribution in [0.15, 0.2) is 76.6 Å². The quantitative estimate of drug-likeness (QED) is 0.357. The lowest BCUT2D eigenvalue weighted by Crippen LogP contribution is -2.12. The molecule has 0 fully saturated rings. The molecule has 0 unspecified atom stereocenters. The topological polar surface area (TPSA) is 68.0 Å². The molecule has 2 heterocycles. The Labute approximate surface area is 167 Å². The number of hydrogen-bond acceptors (Lipinski definition) is 5. The van der Waals surface area contributed by atoms with Gasteiger partial charge in [-0.05, 0) is 36.2 Å². The monoisotopic (exact) mass is 389 g/mol. The fourth-order valence-corrected chi connectivity index (χ4v) is 3.76. The zero-order chi connectivity index (χ0) is 19.3. The van der Waals surface area contributed by atoms with Crippen molar-refractivity contribution in [3.8, 4) is 0 Å². The number of para-hydroxylation sites is 1. The zero-order valence-electron chi connectivity index (χ0n) is 15.4. The third-order valence-electron chi connectivity index (χ3n) is 4.41. The zero-order valence-corrected chi connectivity index (χ0v) is 16.2. The Morgan fingerprint density at radius 3 is 2.54 bits per heavy atom. The highest BCUT2D eigenvalue weighted by atomic mass is 32.2. The molecular weight excluding hydrogens is 370 g/mol. The summed E-state index contributed by atoms with van der Waals surface area (Å²) in [5, 5.41) is 4.53. The molecule has 5 nitrogen and oxygen atoms in total. The van der Waals surface area contributed by atoms with Crippen LogP contribution in [0.3, 0.4) is 0 Å². The van der Waals surface area contributed by atoms with Crippen molar-refractivity contribution in [3.05, 3.63) is 83.9 Å². The van der Waals surface area contributed by atoms with Gasteiger partial charge in [-0.1, -0.05) is 49.0 Å². The second kappa shape index (κ2) is 8.27. The summed E-state index contributed by atoms with van der Waals surface area (Å²) in [6.45, 7) is 2.10. The van der Waals surface area contributed by atoms with Gasteiger partial charge < -0.3 is 9.73 Å². The molecule has 2 aromatic heterocycles. The molecule has 0 radical (unpaired) electrons. The average Bonchev–Trinajstić information content (AvgIpc) is 3.12. The highest BCUT2D eigenvalue weighted by Gasteiger charge is 2.21. The van der Waals surface area contributed by atoms with E-state index < -0.39 is 0 Å². The lowest BCUT2D eigenvalue weighted by atomic mass is 10.1. The molecule has 0 spiro atoms. The van der Waals surface area contributed by atoms with Crippen LogP contribution in [0.2, 0.25) is 0 Å². The molecule has 4 rings (SSSR count). The number of nitrogens with zero attached hydrogens (tertiary/aromatic N) is 2. The first-order valence-corrected chi connectivity index (χ1v) is 10.0. The Morgan fingerprint density at radius 1 is 1.04 bits per heavy atom. The number of fused-ring (bicyclic) bond motifs is 1. The molecule has 0 saturated carbocycles. The van der Waals surface area contributed by atoms with Crippen LogP contribution in [-0.2, 0) is 12.2 Å². The highest BCUT2D eigenvalue weighted by molar-refractivity contribution is 7.98. The van der Waals surface area contributed by atoms with E-state index in [2.05, 4.69) is 22.2 Å². The molecule has 0 saturated heterocycles. The van der Waals surface area contributed by atoms with Gasteiger partial charge in [-0.3, -0.25) is 4.79 Å². The third kappa shape index (κ3) is 3.92. The van der Waals surface area contributed by atoms with E-state index in [-0.39, 0.29) is 5.91 Å². The number of nitrogens with one attached hydrogen (secondary N) is 1. The number of carbonyl (C=O) groups excluding carboxylic acids is 1. The summed E-state index contributed by atoms with van der Waals surface area (Å²) >= 11 is 1.47. The van der Waals surface area contributed by atoms with Crippen LogP contribution in [-0.4, -0.2) is 15.9 Å². The van der Waals surface area contributed by atoms with Gasteiger partial charge in [-0.15, -0.1) is 0 Å². The van der Waals surface area contributed by atoms with E-state index in [0.29, 0.717) is 22.3 Å². The summed E-state index contributed by atoms with van der Waals surface area (Å²) < 4.78 is 5.90. The maximum absolute atomic E-state index is 12.9. The predicted octanol–water partition coefficient (Wildman–Crippen LogP) is 5.33. The molecule has 1 N–H and O–H groups in total. The van der Waals surface area contributed by atoms with Crippen LogP contribution in [0, 0.1) is 0 Å². The second-order valence-corrected chi connectivity index (χ2v) is 7.17. The van der Waals surface area contributed by atoms with E-state index >= 15 is 0 Å². The van der Waals surface area contributed by atoms with E-state index in [0.717, 1.165) is 23.1 Å². The summed E-state index contributed by atoms with van der Waals surface area (Å²) in [5.41, 5.74) is 3.50. The van der Waals surface area contributed by atoms with E-state index in [1.807, 2.05) is 48.5 Å². The predicted molar refractivity (Wildman–Crippen MR) is 112 cm³/mol. The van der Waals surface area contributed by atoms with Crippen molar-refractivity contribution in [2.75, 3.05) is 5.32 Å². The number of aryl methyl sites for hydroxylation is 1. The van der Waals surface area contributed by atoms with Crippen LogP contribution >= 0.6 is 11.8 Å². The summed E-state index contributed by atoms with van der Waals surface area (Å²) in [6, 6.07) is 17.3. The molecular formula is C22H19N3O2S. The summed E-state index contributed by atoms with van der Waals surface area (Å²) in [7, 11) is 0. The standard InChI is InChI=1S/C22H19N3O2S/c1-2-15-8-10-16(11-9-15)25-21(26)20-18(14-28-22-23-12-5-13-24-22)17-6-3-4-7-19(17)27-20/h3-13H,2,14H2,1H3,(H,25,26). The number of amides is 1. The van der Waals surface area contributed by atoms with Gasteiger partial charge >= 0.3 is 0 Å². The van der Waals surface area contributed by atoms with Crippen molar-refractivity contribution < 1.29 is 9.21 Å². The Bertz CT molecular complexity index is 1090. The van der Waals surface area contributed by atoms with Gasteiger partial charge in [0.1, 0.15) is 5.58 Å². The Hall–Kier alpha value is -3.12. The first-order valence-electron chi connectivity index (χ1n) is 9.05. The third-order valence-corrected chi connectivity index (χ3v) is 5.31. The number of hydrogen-bond donors (Lipinski definition) is 1. The number of anilines is 1. The number of thioether (sulfide) groups is 1. The molecule has 4 aromatic rings. The molecule has 140 valence electrons. The summed E-state index contributed by atoms with van der Waals surface area (Å²) in [4.78, 5) is 21.4. The minimum Gasteiger partial charge on any atom is -0.451 e. The highest BCUT2D eigenvalue weighted by Crippen LogP contribution is 2.31. The van der Waals surface area contributed by atoms with Crippen molar-refractivity contribution in [3.63, 3.8) is 0 Å². The van der Waals surface area contributed by atoms with Crippen LogP contribution in [0.1, 0.15) is 28.6 Å². The van der Waals surface area contributed by atoms with Crippen molar-refractivity contribution in [1.82, 2.24) is 9.97 Å². The minimum absolute atomic E-state index is 0.259. The fourth-order valence-electron chi connectivity index (χ4n) is 2.93. The SMILES string of the molecule is CCc1ccc(NC(=O)c2oc3ccccc3c2CSc2ncccn2)cc1. The number of carbonyl (C=O) groups is 1. The normalized spacial score (nSPS) is 10.9. The molecule has 0 bridgehead atoms. The first kappa shape index (κ1) is 18.3. The Morgan fingerprint density at radius 2 is 1.79 bits per heavy atom. The number of benzene rings is 2. The van der Waals surface area contributed by atoms with Gasteiger partial charge in [0.05, 0.1) is 0 Å². The van der Waals surface area contributed by atoms with E-state index in [1.54, 1.807) is 18.5 Å². The molecule has 2 aromatic carbocycles. The van der Waals surface area contributed by atoms with Gasteiger partial charge in [0.2, 0.25) is 0 Å². The lowest BCUT2D eigenvalue weighted by Gasteiger charge is -2.06. The maximum Gasteiger partial charge on any atom is 0.291 e. The average molecular weight is 389 g/mol. The van der Waals surface area contributed by atoms with E-state index in [1.165, 1.54) is 17.3 Å². The van der Waals surface area contributed by atoms with Crippen molar-refractivity contribution in [2.24, 2.45) is 0 Å². The lowest BCUT2D eigenvalue weighted by molar-refractivity contribution is 0.0998. The Balaban J connectivity index is 1.62. The van der Waals surface area contributed by atoms with Gasteiger partial charge in [-0.2, -0.15) is 0 Å². The molecule has 0 aliphatic heterocycles. The largest absolute Gasteiger partial charge is 0.451 e. The van der Waals surface area contributed by atoms with E-state index in [9.17, 15) is 4.79 Å². The van der Waals surface area contributed by atoms with Crippen LogP contribution in [0.25, 0.3) is 11.0 Å². The fraction of sp³-hybridized carbons (Fsp3) is 0.136. The van der Waals surface area contributed by atoms with Crippen molar-refractivity contribution in [1.29, 1.82) is 0 Å². The molecule has 0 atom stereocenters. The minimum atomic E-state index is -0.259. The van der Waals surface area contributed by atoms with Crippen LogP contribution in [0.4, 0.5) is 5.69 Å². The summed E-state index contributed by atoms with van der Waals surface area (Å²) in [6.07, 6.45) is 4.37. The maximum atomic E-state index is 12.9. The van der Waals surface area contributed by atoms with Crippen LogP contribution in [0.5, 0.6) is 0 Å². The van der Waals surface area contributed by atoms with Crippen molar-refractivity contribution >= 4 is 34.3 Å². The van der Waals surface area contributed by atoms with Gasteiger partial charge in [0.15, 0.2) is 10.9 Å². The Kier molecular flexibility index (Phi) is 5.39. The molecule has 6 heteroatoms. The van der Waals surface area contributed by atoms with Crippen LogP contribution < -0.4 is 5.32 Å². The molecule has 1 amide bonds. The number of rotatable bonds is 6. The number of furan rings is 1. The smallest absolute Gasteiger partial charge is 0.291 e. The second-order valence-electron chi connectivity index (χ2n) is 6.23. The van der Waals surface area contributed by atoms with Gasteiger partial charge in [0.25, 0.3) is 5.91 Å². The summed E-state index contributed by atoms with van der Waals surface area (Å²) in [5.74, 6) is 0.604. The first-order chi connectivity index (χ1) is 13.7.